The molecule has 2 N–H and O–H groups in total. The van der Waals surface area contributed by atoms with E-state index >= 15 is 0 Å². The molecule has 0 radical (unpaired) electrons. The molecule has 1 aromatic rings. The Morgan fingerprint density at radius 2 is 2.05 bits per heavy atom. The molecule has 0 unspecified atom stereocenters. The minimum Gasteiger partial charge on any atom is -0.369 e. The Hall–Kier alpha value is -1.20. The number of nitrogens with zero attached hydrogens (tertiary/aromatic N) is 4. The maximum atomic E-state index is 5.88. The standard InChI is InChI=1S/C15H27N5/c1-11(2)15-17-10-14(13(9-16)18-15)20(4)12-5-7-19(3)8-6-12/h10-12H,5-9,16H2,1-4H3. The lowest BCUT2D eigenvalue weighted by Gasteiger charge is -2.36. The molecule has 2 rings (SSSR count). The first-order valence-corrected chi connectivity index (χ1v) is 7.50. The highest BCUT2D eigenvalue weighted by Crippen LogP contribution is 2.24. The van der Waals surface area contributed by atoms with Gasteiger partial charge in [-0.2, -0.15) is 0 Å². The molecule has 1 aliphatic heterocycles. The van der Waals surface area contributed by atoms with Crippen LogP contribution in [0.3, 0.4) is 0 Å². The van der Waals surface area contributed by atoms with Gasteiger partial charge in [-0.3, -0.25) is 0 Å². The maximum Gasteiger partial charge on any atom is 0.131 e. The topological polar surface area (TPSA) is 58.3 Å². The molecule has 0 spiro atoms. The highest BCUT2D eigenvalue weighted by Gasteiger charge is 2.23. The van der Waals surface area contributed by atoms with E-state index in [1.807, 2.05) is 6.20 Å². The van der Waals surface area contributed by atoms with Crippen molar-refractivity contribution in [3.8, 4) is 0 Å². The number of nitrogens with two attached hydrogens (primary N) is 1. The van der Waals surface area contributed by atoms with Gasteiger partial charge in [0.05, 0.1) is 17.6 Å². The zero-order valence-electron chi connectivity index (χ0n) is 13.1. The molecule has 0 amide bonds. The lowest BCUT2D eigenvalue weighted by atomic mass is 10.0. The van der Waals surface area contributed by atoms with Crippen LogP contribution >= 0.6 is 0 Å². The fourth-order valence-corrected chi connectivity index (χ4v) is 2.73. The molecule has 112 valence electrons. The first kappa shape index (κ1) is 15.2. The molecule has 1 aromatic heterocycles. The van der Waals surface area contributed by atoms with E-state index in [0.717, 1.165) is 30.3 Å². The van der Waals surface area contributed by atoms with Crippen molar-refractivity contribution in [2.24, 2.45) is 5.73 Å². The summed E-state index contributed by atoms with van der Waals surface area (Å²) in [5, 5.41) is 0. The molecule has 0 saturated carbocycles. The van der Waals surface area contributed by atoms with Crippen molar-refractivity contribution in [3.63, 3.8) is 0 Å². The first-order chi connectivity index (χ1) is 9.52. The summed E-state index contributed by atoms with van der Waals surface area (Å²) < 4.78 is 0. The van der Waals surface area contributed by atoms with Crippen LogP contribution in [0.1, 0.15) is 44.1 Å². The second-order valence-electron chi connectivity index (χ2n) is 6.06. The fourth-order valence-electron chi connectivity index (χ4n) is 2.73. The first-order valence-electron chi connectivity index (χ1n) is 7.50. The summed E-state index contributed by atoms with van der Waals surface area (Å²) in [4.78, 5) is 13.8. The van der Waals surface area contributed by atoms with Crippen LogP contribution in [0, 0.1) is 0 Å². The van der Waals surface area contributed by atoms with Crippen LogP contribution in [0.4, 0.5) is 5.69 Å². The van der Waals surface area contributed by atoms with Gasteiger partial charge < -0.3 is 15.5 Å². The van der Waals surface area contributed by atoms with Gasteiger partial charge in [0.25, 0.3) is 0 Å². The monoisotopic (exact) mass is 277 g/mol. The Balaban J connectivity index is 2.18. The van der Waals surface area contributed by atoms with Crippen molar-refractivity contribution in [1.29, 1.82) is 0 Å². The highest BCUT2D eigenvalue weighted by atomic mass is 15.2. The molecule has 1 fully saturated rings. The normalized spacial score (nSPS) is 17.7. The Bertz CT molecular complexity index is 438. The molecule has 2 heterocycles. The van der Waals surface area contributed by atoms with Crippen molar-refractivity contribution < 1.29 is 0 Å². The van der Waals surface area contributed by atoms with Crippen LogP contribution in [0.25, 0.3) is 0 Å². The second kappa shape index (κ2) is 6.50. The fraction of sp³-hybridized carbons (Fsp3) is 0.733. The van der Waals surface area contributed by atoms with Crippen LogP contribution in [0.5, 0.6) is 0 Å². The number of hydrogen-bond donors (Lipinski definition) is 1. The number of aromatic nitrogens is 2. The van der Waals surface area contributed by atoms with Crippen molar-refractivity contribution in [2.75, 3.05) is 32.1 Å². The van der Waals surface area contributed by atoms with E-state index < -0.39 is 0 Å². The molecule has 0 bridgehead atoms. The highest BCUT2D eigenvalue weighted by molar-refractivity contribution is 5.49. The molecule has 20 heavy (non-hydrogen) atoms. The van der Waals surface area contributed by atoms with Crippen LogP contribution in [0.2, 0.25) is 0 Å². The van der Waals surface area contributed by atoms with Crippen LogP contribution in [-0.4, -0.2) is 48.1 Å². The zero-order chi connectivity index (χ0) is 14.7. The Morgan fingerprint density at radius 3 is 2.60 bits per heavy atom. The summed E-state index contributed by atoms with van der Waals surface area (Å²) in [7, 11) is 4.32. The van der Waals surface area contributed by atoms with Gasteiger partial charge >= 0.3 is 0 Å². The number of likely N-dealkylation sites (tertiary alicyclic amines) is 1. The number of piperidine rings is 1. The van der Waals surface area contributed by atoms with Gasteiger partial charge in [-0.05, 0) is 33.0 Å². The van der Waals surface area contributed by atoms with Gasteiger partial charge in [0.2, 0.25) is 0 Å². The van der Waals surface area contributed by atoms with Crippen LogP contribution in [0.15, 0.2) is 6.20 Å². The van der Waals surface area contributed by atoms with Crippen molar-refractivity contribution >= 4 is 5.69 Å². The van der Waals surface area contributed by atoms with E-state index in [-0.39, 0.29) is 0 Å². The van der Waals surface area contributed by atoms with E-state index in [1.165, 1.54) is 12.8 Å². The maximum absolute atomic E-state index is 5.88. The van der Waals surface area contributed by atoms with E-state index in [4.69, 9.17) is 5.73 Å². The van der Waals surface area contributed by atoms with Gasteiger partial charge in [-0.25, -0.2) is 9.97 Å². The lowest BCUT2D eigenvalue weighted by molar-refractivity contribution is 0.252. The quantitative estimate of drug-likeness (QED) is 0.905. The van der Waals surface area contributed by atoms with Gasteiger partial charge in [0.15, 0.2) is 0 Å². The minimum absolute atomic E-state index is 0.336. The Labute approximate surface area is 122 Å². The summed E-state index contributed by atoms with van der Waals surface area (Å²) in [6, 6.07) is 0.560. The Morgan fingerprint density at radius 1 is 1.40 bits per heavy atom. The van der Waals surface area contributed by atoms with Crippen molar-refractivity contribution in [3.05, 3.63) is 17.7 Å². The van der Waals surface area contributed by atoms with E-state index in [0.29, 0.717) is 18.5 Å². The summed E-state index contributed by atoms with van der Waals surface area (Å²) in [5.41, 5.74) is 7.94. The molecule has 0 aliphatic carbocycles. The SMILES string of the molecule is CC(C)c1ncc(N(C)C2CCN(C)CC2)c(CN)n1. The molecule has 5 heteroatoms. The minimum atomic E-state index is 0.336. The van der Waals surface area contributed by atoms with Crippen LogP contribution in [-0.2, 0) is 6.54 Å². The van der Waals surface area contributed by atoms with Crippen molar-refractivity contribution in [1.82, 2.24) is 14.9 Å². The van der Waals surface area contributed by atoms with Gasteiger partial charge in [0, 0.05) is 25.6 Å². The molecule has 0 atom stereocenters. The largest absolute Gasteiger partial charge is 0.369 e. The van der Waals surface area contributed by atoms with E-state index in [2.05, 4.69) is 47.7 Å². The number of rotatable bonds is 4. The average molecular weight is 277 g/mol. The van der Waals surface area contributed by atoms with Gasteiger partial charge in [-0.15, -0.1) is 0 Å². The van der Waals surface area contributed by atoms with E-state index in [1.54, 1.807) is 0 Å². The number of hydrogen-bond acceptors (Lipinski definition) is 5. The van der Waals surface area contributed by atoms with Crippen molar-refractivity contribution in [2.45, 2.75) is 45.2 Å². The van der Waals surface area contributed by atoms with Gasteiger partial charge in [0.1, 0.15) is 5.82 Å². The predicted octanol–water partition coefficient (Wildman–Crippen LogP) is 1.59. The van der Waals surface area contributed by atoms with E-state index in [9.17, 15) is 0 Å². The Kier molecular flexibility index (Phi) is 4.94. The third-order valence-corrected chi connectivity index (χ3v) is 4.19. The number of anilines is 1. The summed E-state index contributed by atoms with van der Waals surface area (Å²) in [6.45, 7) is 6.98. The molecule has 1 saturated heterocycles. The smallest absolute Gasteiger partial charge is 0.131 e. The van der Waals surface area contributed by atoms with Crippen LogP contribution < -0.4 is 10.6 Å². The van der Waals surface area contributed by atoms with Gasteiger partial charge in [-0.1, -0.05) is 13.8 Å². The summed E-state index contributed by atoms with van der Waals surface area (Å²) in [5.74, 6) is 1.22. The lowest BCUT2D eigenvalue weighted by Crippen LogP contribution is -2.42. The third kappa shape index (κ3) is 3.27. The molecule has 0 aromatic carbocycles. The second-order valence-corrected chi connectivity index (χ2v) is 6.06. The predicted molar refractivity (Wildman–Crippen MR) is 82.9 cm³/mol. The molecular formula is C15H27N5. The summed E-state index contributed by atoms with van der Waals surface area (Å²) in [6.07, 6.45) is 4.31. The average Bonchev–Trinajstić information content (AvgIpc) is 2.46. The molecular weight excluding hydrogens is 250 g/mol. The zero-order valence-corrected chi connectivity index (χ0v) is 13.1. The summed E-state index contributed by atoms with van der Waals surface area (Å²) >= 11 is 0. The third-order valence-electron chi connectivity index (χ3n) is 4.19. The molecule has 5 nitrogen and oxygen atoms in total. The molecule has 1 aliphatic rings.